The van der Waals surface area contributed by atoms with E-state index < -0.39 is 12.0 Å². The minimum atomic E-state index is -0.993. The number of hydrogen-bond acceptors (Lipinski definition) is 3. The molecule has 0 fully saturated rings. The topological polar surface area (TPSA) is 66.4 Å². The molecule has 0 heterocycles. The van der Waals surface area contributed by atoms with Gasteiger partial charge in [0.05, 0.1) is 0 Å². The molecule has 0 radical (unpaired) electrons. The van der Waals surface area contributed by atoms with E-state index >= 15 is 0 Å². The number of nitrogens with one attached hydrogen (secondary N) is 1. The Labute approximate surface area is 117 Å². The standard InChI is InChI=1S/C14H19NO3S/c1-9-5-4-6-11(10(9)2)13(16)15-12(14(17)18)7-8-19-3/h4-6,12H,7-8H2,1-3H3,(H,15,16)(H,17,18)/t12-/m1/s1. The van der Waals surface area contributed by atoms with E-state index in [2.05, 4.69) is 5.32 Å². The summed E-state index contributed by atoms with van der Waals surface area (Å²) in [5, 5.41) is 11.7. The van der Waals surface area contributed by atoms with Crippen molar-refractivity contribution in [2.24, 2.45) is 0 Å². The van der Waals surface area contributed by atoms with Crippen molar-refractivity contribution in [2.75, 3.05) is 12.0 Å². The zero-order valence-corrected chi connectivity index (χ0v) is 12.2. The number of carboxylic acid groups (broad SMARTS) is 1. The Morgan fingerprint density at radius 3 is 2.63 bits per heavy atom. The molecule has 0 bridgehead atoms. The molecule has 1 amide bonds. The summed E-state index contributed by atoms with van der Waals surface area (Å²) in [5.74, 6) is -0.619. The molecule has 1 rings (SSSR count). The minimum Gasteiger partial charge on any atom is -0.480 e. The number of benzene rings is 1. The van der Waals surface area contributed by atoms with Gasteiger partial charge in [0, 0.05) is 5.56 Å². The van der Waals surface area contributed by atoms with Gasteiger partial charge in [0.1, 0.15) is 6.04 Å². The van der Waals surface area contributed by atoms with Gasteiger partial charge in [-0.2, -0.15) is 11.8 Å². The summed E-state index contributed by atoms with van der Waals surface area (Å²) in [5.41, 5.74) is 2.44. The first kappa shape index (κ1) is 15.6. The smallest absolute Gasteiger partial charge is 0.326 e. The number of aryl methyl sites for hydroxylation is 1. The van der Waals surface area contributed by atoms with Gasteiger partial charge in [-0.05, 0) is 49.5 Å². The number of carbonyl (C=O) groups is 2. The molecule has 0 aromatic heterocycles. The molecule has 1 atom stereocenters. The van der Waals surface area contributed by atoms with Crippen molar-refractivity contribution in [1.29, 1.82) is 0 Å². The predicted molar refractivity (Wildman–Crippen MR) is 77.8 cm³/mol. The fourth-order valence-electron chi connectivity index (χ4n) is 1.73. The number of thioether (sulfide) groups is 1. The lowest BCUT2D eigenvalue weighted by molar-refractivity contribution is -0.139. The van der Waals surface area contributed by atoms with E-state index in [4.69, 9.17) is 5.11 Å². The van der Waals surface area contributed by atoms with Gasteiger partial charge in [-0.1, -0.05) is 12.1 Å². The monoisotopic (exact) mass is 281 g/mol. The van der Waals surface area contributed by atoms with Crippen LogP contribution in [0.5, 0.6) is 0 Å². The van der Waals surface area contributed by atoms with Crippen LogP contribution in [0.1, 0.15) is 27.9 Å². The maximum atomic E-state index is 12.1. The summed E-state index contributed by atoms with van der Waals surface area (Å²) >= 11 is 1.56. The average Bonchev–Trinajstić information content (AvgIpc) is 2.37. The lowest BCUT2D eigenvalue weighted by Gasteiger charge is -2.15. The Hall–Kier alpha value is -1.49. The van der Waals surface area contributed by atoms with Gasteiger partial charge in [-0.25, -0.2) is 4.79 Å². The van der Waals surface area contributed by atoms with Crippen LogP contribution in [0.25, 0.3) is 0 Å². The Morgan fingerprint density at radius 1 is 1.37 bits per heavy atom. The van der Waals surface area contributed by atoms with E-state index in [1.807, 2.05) is 26.2 Å². The highest BCUT2D eigenvalue weighted by Crippen LogP contribution is 2.13. The van der Waals surface area contributed by atoms with Crippen molar-refractivity contribution in [1.82, 2.24) is 5.32 Å². The fourth-order valence-corrected chi connectivity index (χ4v) is 2.20. The largest absolute Gasteiger partial charge is 0.480 e. The van der Waals surface area contributed by atoms with Gasteiger partial charge in [-0.3, -0.25) is 4.79 Å². The molecule has 0 saturated heterocycles. The van der Waals surface area contributed by atoms with E-state index in [0.717, 1.165) is 11.1 Å². The van der Waals surface area contributed by atoms with Crippen LogP contribution in [0.2, 0.25) is 0 Å². The van der Waals surface area contributed by atoms with E-state index in [-0.39, 0.29) is 5.91 Å². The van der Waals surface area contributed by atoms with Gasteiger partial charge in [0.2, 0.25) is 0 Å². The first-order valence-corrected chi connectivity index (χ1v) is 7.45. The van der Waals surface area contributed by atoms with Crippen LogP contribution in [0.3, 0.4) is 0 Å². The second kappa shape index (κ2) is 7.19. The third-order valence-electron chi connectivity index (χ3n) is 3.06. The highest BCUT2D eigenvalue weighted by Gasteiger charge is 2.21. The molecular formula is C14H19NO3S. The molecule has 19 heavy (non-hydrogen) atoms. The first-order valence-electron chi connectivity index (χ1n) is 6.06. The molecule has 0 aliphatic rings. The molecule has 0 unspecified atom stereocenters. The summed E-state index contributed by atoms with van der Waals surface area (Å²) in [6.07, 6.45) is 2.33. The summed E-state index contributed by atoms with van der Waals surface area (Å²) in [6, 6.07) is 4.61. The molecule has 5 heteroatoms. The van der Waals surface area contributed by atoms with E-state index in [9.17, 15) is 9.59 Å². The maximum Gasteiger partial charge on any atom is 0.326 e. The molecule has 4 nitrogen and oxygen atoms in total. The van der Waals surface area contributed by atoms with Crippen LogP contribution in [0.4, 0.5) is 0 Å². The van der Waals surface area contributed by atoms with Gasteiger partial charge in [0.25, 0.3) is 5.91 Å². The maximum absolute atomic E-state index is 12.1. The third-order valence-corrected chi connectivity index (χ3v) is 3.71. The van der Waals surface area contributed by atoms with Crippen molar-refractivity contribution in [3.05, 3.63) is 34.9 Å². The summed E-state index contributed by atoms with van der Waals surface area (Å²) in [4.78, 5) is 23.2. The van der Waals surface area contributed by atoms with Crippen LogP contribution in [0, 0.1) is 13.8 Å². The van der Waals surface area contributed by atoms with Crippen LogP contribution in [0.15, 0.2) is 18.2 Å². The molecule has 1 aromatic carbocycles. The minimum absolute atomic E-state index is 0.324. The van der Waals surface area contributed by atoms with E-state index in [0.29, 0.717) is 17.7 Å². The molecule has 1 aromatic rings. The van der Waals surface area contributed by atoms with Gasteiger partial charge >= 0.3 is 5.97 Å². The number of rotatable bonds is 6. The van der Waals surface area contributed by atoms with Gasteiger partial charge in [0.15, 0.2) is 0 Å². The molecule has 104 valence electrons. The predicted octanol–water partition coefficient (Wildman–Crippen LogP) is 2.24. The summed E-state index contributed by atoms with van der Waals surface area (Å²) < 4.78 is 0. The second-order valence-electron chi connectivity index (χ2n) is 4.39. The Bertz CT molecular complexity index is 474. The van der Waals surface area contributed by atoms with Crippen LogP contribution >= 0.6 is 11.8 Å². The van der Waals surface area contributed by atoms with E-state index in [1.165, 1.54) is 0 Å². The molecular weight excluding hydrogens is 262 g/mol. The number of hydrogen-bond donors (Lipinski definition) is 2. The fraction of sp³-hybridized carbons (Fsp3) is 0.429. The summed E-state index contributed by atoms with van der Waals surface area (Å²) in [7, 11) is 0. The van der Waals surface area contributed by atoms with Crippen molar-refractivity contribution in [3.63, 3.8) is 0 Å². The van der Waals surface area contributed by atoms with Crippen molar-refractivity contribution in [2.45, 2.75) is 26.3 Å². The molecule has 0 saturated carbocycles. The zero-order valence-electron chi connectivity index (χ0n) is 11.4. The van der Waals surface area contributed by atoms with Crippen LogP contribution < -0.4 is 5.32 Å². The quantitative estimate of drug-likeness (QED) is 0.839. The number of carboxylic acids is 1. The lowest BCUT2D eigenvalue weighted by atomic mass is 10.0. The average molecular weight is 281 g/mol. The van der Waals surface area contributed by atoms with Gasteiger partial charge < -0.3 is 10.4 Å². The Morgan fingerprint density at radius 2 is 2.05 bits per heavy atom. The van der Waals surface area contributed by atoms with Crippen molar-refractivity contribution >= 4 is 23.6 Å². The highest BCUT2D eigenvalue weighted by molar-refractivity contribution is 7.98. The number of carbonyl (C=O) groups excluding carboxylic acids is 1. The number of amides is 1. The number of aliphatic carboxylic acids is 1. The lowest BCUT2D eigenvalue weighted by Crippen LogP contribution is -2.41. The van der Waals surface area contributed by atoms with Crippen molar-refractivity contribution < 1.29 is 14.7 Å². The second-order valence-corrected chi connectivity index (χ2v) is 5.38. The van der Waals surface area contributed by atoms with Crippen LogP contribution in [-0.4, -0.2) is 35.0 Å². The normalized spacial score (nSPS) is 11.9. The highest BCUT2D eigenvalue weighted by atomic mass is 32.2. The zero-order chi connectivity index (χ0) is 14.4. The summed E-state index contributed by atoms with van der Waals surface area (Å²) in [6.45, 7) is 3.79. The molecule has 2 N–H and O–H groups in total. The molecule has 0 aliphatic heterocycles. The third kappa shape index (κ3) is 4.28. The van der Waals surface area contributed by atoms with Crippen molar-refractivity contribution in [3.8, 4) is 0 Å². The van der Waals surface area contributed by atoms with Crippen LogP contribution in [-0.2, 0) is 4.79 Å². The molecule has 0 spiro atoms. The van der Waals surface area contributed by atoms with E-state index in [1.54, 1.807) is 23.9 Å². The van der Waals surface area contributed by atoms with Gasteiger partial charge in [-0.15, -0.1) is 0 Å². The Kier molecular flexibility index (Phi) is 5.89. The Balaban J connectivity index is 2.82. The molecule has 0 aliphatic carbocycles. The first-order chi connectivity index (χ1) is 8.97. The SMILES string of the molecule is CSCC[C@@H](NC(=O)c1cccc(C)c1C)C(=O)O.